The minimum Gasteiger partial charge on any atom is -0.306 e. The number of hydrogen-bond donors (Lipinski definition) is 1. The van der Waals surface area contributed by atoms with E-state index in [1.807, 2.05) is 6.92 Å². The van der Waals surface area contributed by atoms with Crippen LogP contribution in [0.15, 0.2) is 0 Å². The smallest absolute Gasteiger partial charge is 0.0576 e. The first-order chi connectivity index (χ1) is 3.91. The lowest BCUT2D eigenvalue weighted by Crippen LogP contribution is -2.14. The fraction of sp³-hybridized carbons (Fsp3) is 0.571. The van der Waals surface area contributed by atoms with Crippen LogP contribution >= 0.6 is 0 Å². The molecule has 0 aromatic heterocycles. The Balaban J connectivity index is 2.79. The SMILES string of the molecule is [CH2]CCNCC#CC. The number of hydrogen-bond acceptors (Lipinski definition) is 1. The van der Waals surface area contributed by atoms with E-state index in [0.717, 1.165) is 19.5 Å². The second kappa shape index (κ2) is 6.52. The fourth-order valence-corrected chi connectivity index (χ4v) is 0.364. The van der Waals surface area contributed by atoms with Crippen LogP contribution in [0.1, 0.15) is 13.3 Å². The Labute approximate surface area is 51.5 Å². The predicted octanol–water partition coefficient (Wildman–Crippen LogP) is 0.823. The fourth-order valence-electron chi connectivity index (χ4n) is 0.364. The van der Waals surface area contributed by atoms with Crippen LogP contribution in [0.3, 0.4) is 0 Å². The minimum atomic E-state index is 0.798. The van der Waals surface area contributed by atoms with E-state index in [1.54, 1.807) is 0 Å². The molecule has 1 N–H and O–H groups in total. The van der Waals surface area contributed by atoms with Crippen LogP contribution in [0.5, 0.6) is 0 Å². The van der Waals surface area contributed by atoms with Gasteiger partial charge in [-0.25, -0.2) is 0 Å². The molecule has 0 atom stereocenters. The Kier molecular flexibility index (Phi) is 6.13. The first-order valence-corrected chi connectivity index (χ1v) is 2.81. The van der Waals surface area contributed by atoms with Crippen molar-refractivity contribution in [3.63, 3.8) is 0 Å². The summed E-state index contributed by atoms with van der Waals surface area (Å²) in [6.45, 7) is 7.28. The molecule has 0 fully saturated rings. The molecule has 0 aliphatic heterocycles. The highest BCUT2D eigenvalue weighted by molar-refractivity contribution is 4.96. The monoisotopic (exact) mass is 110 g/mol. The van der Waals surface area contributed by atoms with Crippen molar-refractivity contribution < 1.29 is 0 Å². The molecule has 0 saturated carbocycles. The standard InChI is InChI=1S/C7H12N/c1-3-5-7-8-6-4-2/h8H,2,4,6-7H2,1H3. The molecular weight excluding hydrogens is 98.1 g/mol. The number of rotatable bonds is 3. The first-order valence-electron chi connectivity index (χ1n) is 2.81. The highest BCUT2D eigenvalue weighted by Crippen LogP contribution is 1.65. The lowest BCUT2D eigenvalue weighted by molar-refractivity contribution is 0.764. The van der Waals surface area contributed by atoms with Crippen molar-refractivity contribution in [3.8, 4) is 11.8 Å². The molecule has 0 saturated heterocycles. The van der Waals surface area contributed by atoms with Gasteiger partial charge in [-0.15, -0.1) is 5.92 Å². The van der Waals surface area contributed by atoms with Crippen molar-refractivity contribution in [1.29, 1.82) is 0 Å². The second-order valence-corrected chi connectivity index (χ2v) is 1.46. The molecule has 0 spiro atoms. The largest absolute Gasteiger partial charge is 0.306 e. The van der Waals surface area contributed by atoms with E-state index in [0.29, 0.717) is 0 Å². The molecule has 1 heteroatoms. The summed E-state index contributed by atoms with van der Waals surface area (Å²) in [6, 6.07) is 0. The van der Waals surface area contributed by atoms with Crippen LogP contribution in [0.25, 0.3) is 0 Å². The molecule has 0 heterocycles. The highest BCUT2D eigenvalue weighted by Gasteiger charge is 1.74. The molecule has 0 aromatic carbocycles. The molecule has 1 radical (unpaired) electrons. The lowest BCUT2D eigenvalue weighted by Gasteiger charge is -1.91. The third kappa shape index (κ3) is 5.52. The predicted molar refractivity (Wildman–Crippen MR) is 36.3 cm³/mol. The van der Waals surface area contributed by atoms with E-state index < -0.39 is 0 Å². The van der Waals surface area contributed by atoms with Gasteiger partial charge in [0, 0.05) is 0 Å². The summed E-state index contributed by atoms with van der Waals surface area (Å²) in [4.78, 5) is 0. The van der Waals surface area contributed by atoms with Gasteiger partial charge in [-0.3, -0.25) is 0 Å². The Hall–Kier alpha value is -0.480. The topological polar surface area (TPSA) is 12.0 Å². The maximum absolute atomic E-state index is 3.67. The van der Waals surface area contributed by atoms with Gasteiger partial charge in [0.15, 0.2) is 0 Å². The van der Waals surface area contributed by atoms with Gasteiger partial charge < -0.3 is 5.32 Å². The van der Waals surface area contributed by atoms with Gasteiger partial charge in [0.2, 0.25) is 0 Å². The molecule has 8 heavy (non-hydrogen) atoms. The summed E-state index contributed by atoms with van der Waals surface area (Å²) in [5, 5.41) is 3.10. The van der Waals surface area contributed by atoms with Gasteiger partial charge in [-0.1, -0.05) is 12.8 Å². The quantitative estimate of drug-likeness (QED) is 0.419. The number of nitrogens with one attached hydrogen (secondary N) is 1. The van der Waals surface area contributed by atoms with Gasteiger partial charge >= 0.3 is 0 Å². The van der Waals surface area contributed by atoms with Crippen molar-refractivity contribution >= 4 is 0 Å². The third-order valence-electron chi connectivity index (χ3n) is 0.744. The van der Waals surface area contributed by atoms with Gasteiger partial charge in [0.05, 0.1) is 6.54 Å². The summed E-state index contributed by atoms with van der Waals surface area (Å²) in [5.41, 5.74) is 0. The van der Waals surface area contributed by atoms with Gasteiger partial charge in [-0.05, 0) is 19.9 Å². The summed E-state index contributed by atoms with van der Waals surface area (Å²) in [6.07, 6.45) is 0.936. The molecule has 45 valence electrons. The van der Waals surface area contributed by atoms with Crippen LogP contribution in [0.2, 0.25) is 0 Å². The summed E-state index contributed by atoms with van der Waals surface area (Å²) in [7, 11) is 0. The van der Waals surface area contributed by atoms with E-state index in [4.69, 9.17) is 0 Å². The van der Waals surface area contributed by atoms with Crippen molar-refractivity contribution in [2.75, 3.05) is 13.1 Å². The first kappa shape index (κ1) is 7.52. The second-order valence-electron chi connectivity index (χ2n) is 1.46. The van der Waals surface area contributed by atoms with Gasteiger partial charge in [0.1, 0.15) is 0 Å². The average Bonchev–Trinajstić information content (AvgIpc) is 1.81. The molecule has 0 rings (SSSR count). The van der Waals surface area contributed by atoms with Crippen molar-refractivity contribution in [3.05, 3.63) is 6.92 Å². The third-order valence-corrected chi connectivity index (χ3v) is 0.744. The Morgan fingerprint density at radius 3 is 2.88 bits per heavy atom. The zero-order chi connectivity index (χ0) is 6.24. The van der Waals surface area contributed by atoms with Crippen LogP contribution < -0.4 is 5.32 Å². The molecule has 0 bridgehead atoms. The molecule has 0 aliphatic carbocycles. The summed E-state index contributed by atoms with van der Waals surface area (Å²) >= 11 is 0. The van der Waals surface area contributed by atoms with Crippen LogP contribution in [0, 0.1) is 18.8 Å². The minimum absolute atomic E-state index is 0.798. The maximum Gasteiger partial charge on any atom is 0.0576 e. The van der Waals surface area contributed by atoms with Crippen molar-refractivity contribution in [2.24, 2.45) is 0 Å². The normalized spacial score (nSPS) is 7.75. The molecule has 0 aliphatic rings. The molecule has 1 nitrogen and oxygen atoms in total. The van der Waals surface area contributed by atoms with E-state index in [9.17, 15) is 0 Å². The summed E-state index contributed by atoms with van der Waals surface area (Å²) < 4.78 is 0. The molecule has 0 unspecified atom stereocenters. The van der Waals surface area contributed by atoms with E-state index >= 15 is 0 Å². The van der Waals surface area contributed by atoms with Crippen LogP contribution in [-0.4, -0.2) is 13.1 Å². The van der Waals surface area contributed by atoms with Crippen LogP contribution in [0.4, 0.5) is 0 Å². The van der Waals surface area contributed by atoms with Crippen molar-refractivity contribution in [2.45, 2.75) is 13.3 Å². The van der Waals surface area contributed by atoms with Gasteiger partial charge in [0.25, 0.3) is 0 Å². The van der Waals surface area contributed by atoms with Gasteiger partial charge in [-0.2, -0.15) is 0 Å². The average molecular weight is 110 g/mol. The Morgan fingerprint density at radius 2 is 2.38 bits per heavy atom. The lowest BCUT2D eigenvalue weighted by atomic mass is 10.5. The summed E-state index contributed by atoms with van der Waals surface area (Å²) in [5.74, 6) is 5.69. The molecule has 0 aromatic rings. The van der Waals surface area contributed by atoms with Crippen molar-refractivity contribution in [1.82, 2.24) is 5.32 Å². The Morgan fingerprint density at radius 1 is 1.62 bits per heavy atom. The van der Waals surface area contributed by atoms with E-state index in [2.05, 4.69) is 24.1 Å². The highest BCUT2D eigenvalue weighted by atomic mass is 14.8. The zero-order valence-corrected chi connectivity index (χ0v) is 5.33. The van der Waals surface area contributed by atoms with Crippen LogP contribution in [-0.2, 0) is 0 Å². The zero-order valence-electron chi connectivity index (χ0n) is 5.33. The Bertz CT molecular complexity index is 86.3. The molecular formula is C7H12N. The maximum atomic E-state index is 3.67. The van der Waals surface area contributed by atoms with E-state index in [-0.39, 0.29) is 0 Å². The molecule has 0 amide bonds. The van der Waals surface area contributed by atoms with E-state index in [1.165, 1.54) is 0 Å².